The van der Waals surface area contributed by atoms with E-state index >= 15 is 0 Å². The van der Waals surface area contributed by atoms with Crippen LogP contribution in [0.2, 0.25) is 0 Å². The minimum atomic E-state index is -0.696. The maximum absolute atomic E-state index is 12.9. The molecule has 0 atom stereocenters. The van der Waals surface area contributed by atoms with E-state index in [9.17, 15) is 14.4 Å². The van der Waals surface area contributed by atoms with Crippen molar-refractivity contribution in [2.24, 2.45) is 0 Å². The molecule has 0 N–H and O–H groups in total. The van der Waals surface area contributed by atoms with Gasteiger partial charge < -0.3 is 14.4 Å². The second-order valence-electron chi connectivity index (χ2n) is 6.91. The molecule has 0 aromatic heterocycles. The molecule has 3 rings (SSSR count). The third-order valence-corrected chi connectivity index (χ3v) is 4.55. The maximum Gasteiger partial charge on any atom is 0.344 e. The lowest BCUT2D eigenvalue weighted by Gasteiger charge is -2.23. The van der Waals surface area contributed by atoms with Crippen molar-refractivity contribution in [2.75, 3.05) is 18.1 Å². The van der Waals surface area contributed by atoms with Crippen molar-refractivity contribution in [2.45, 2.75) is 13.5 Å². The quantitative estimate of drug-likeness (QED) is 0.389. The Kier molecular flexibility index (Phi) is 7.54. The van der Waals surface area contributed by atoms with E-state index in [-0.39, 0.29) is 11.7 Å². The molecular weight excluding hydrogens is 394 g/mol. The highest BCUT2D eigenvalue weighted by Crippen LogP contribution is 2.19. The summed E-state index contributed by atoms with van der Waals surface area (Å²) >= 11 is 0. The lowest BCUT2D eigenvalue weighted by atomic mass is 10.1. The third kappa shape index (κ3) is 6.27. The van der Waals surface area contributed by atoms with Crippen LogP contribution < -0.4 is 9.64 Å². The zero-order valence-corrected chi connectivity index (χ0v) is 17.2. The van der Waals surface area contributed by atoms with Gasteiger partial charge in [-0.3, -0.25) is 9.59 Å². The molecule has 0 heterocycles. The first-order valence-electron chi connectivity index (χ1n) is 9.80. The van der Waals surface area contributed by atoms with E-state index in [1.807, 2.05) is 61.5 Å². The Morgan fingerprint density at radius 2 is 1.65 bits per heavy atom. The number of hydrogen-bond acceptors (Lipinski definition) is 5. The molecule has 0 aliphatic heterocycles. The lowest BCUT2D eigenvalue weighted by molar-refractivity contribution is -0.149. The molecule has 0 bridgehead atoms. The zero-order chi connectivity index (χ0) is 22.1. The molecule has 0 saturated heterocycles. The van der Waals surface area contributed by atoms with Gasteiger partial charge in [0.05, 0.1) is 12.1 Å². The second kappa shape index (κ2) is 10.7. The van der Waals surface area contributed by atoms with Gasteiger partial charge in [0.25, 0.3) is 5.91 Å². The van der Waals surface area contributed by atoms with Crippen LogP contribution in [0, 0.1) is 6.92 Å². The summed E-state index contributed by atoms with van der Waals surface area (Å²) in [6, 6.07) is 23.7. The fourth-order valence-corrected chi connectivity index (χ4v) is 2.99. The Morgan fingerprint density at radius 1 is 0.903 bits per heavy atom. The highest BCUT2D eigenvalue weighted by Gasteiger charge is 2.19. The highest BCUT2D eigenvalue weighted by atomic mass is 16.6. The van der Waals surface area contributed by atoms with Crippen LogP contribution in [0.3, 0.4) is 0 Å². The molecule has 1 amide bonds. The number of carbonyl (C=O) groups excluding carboxylic acids is 3. The van der Waals surface area contributed by atoms with Crippen LogP contribution in [0.25, 0.3) is 0 Å². The summed E-state index contributed by atoms with van der Waals surface area (Å²) in [6.45, 7) is 1.48. The topological polar surface area (TPSA) is 72.9 Å². The molecule has 3 aromatic carbocycles. The lowest BCUT2D eigenvalue weighted by Crippen LogP contribution is -2.35. The van der Waals surface area contributed by atoms with Gasteiger partial charge in [-0.05, 0) is 42.3 Å². The van der Waals surface area contributed by atoms with Crippen LogP contribution >= 0.6 is 0 Å². The molecule has 0 aliphatic rings. The Balaban J connectivity index is 1.63. The van der Waals surface area contributed by atoms with E-state index in [2.05, 4.69) is 0 Å². The van der Waals surface area contributed by atoms with Crippen molar-refractivity contribution in [1.82, 2.24) is 0 Å². The van der Waals surface area contributed by atoms with E-state index in [1.165, 1.54) is 0 Å². The number of hydrogen-bond donors (Lipinski definition) is 0. The molecule has 0 spiro atoms. The summed E-state index contributed by atoms with van der Waals surface area (Å²) in [5.41, 5.74) is 3.03. The van der Waals surface area contributed by atoms with Crippen LogP contribution in [0.4, 0.5) is 5.69 Å². The van der Waals surface area contributed by atoms with E-state index in [4.69, 9.17) is 9.47 Å². The Bertz CT molecular complexity index is 1050. The molecule has 3 aromatic rings. The number of anilines is 1. The average Bonchev–Trinajstić information content (AvgIpc) is 2.80. The molecule has 0 saturated carbocycles. The van der Waals surface area contributed by atoms with Crippen LogP contribution in [0.15, 0.2) is 78.9 Å². The summed E-state index contributed by atoms with van der Waals surface area (Å²) in [5.74, 6) is -0.764. The Hall–Kier alpha value is -3.93. The van der Waals surface area contributed by atoms with Crippen LogP contribution in [0.5, 0.6) is 5.75 Å². The molecule has 31 heavy (non-hydrogen) atoms. The number of rotatable bonds is 9. The van der Waals surface area contributed by atoms with Gasteiger partial charge in [-0.1, -0.05) is 54.6 Å². The van der Waals surface area contributed by atoms with Gasteiger partial charge in [0, 0.05) is 5.69 Å². The summed E-state index contributed by atoms with van der Waals surface area (Å²) in [7, 11) is 0. The Labute approximate surface area is 181 Å². The van der Waals surface area contributed by atoms with Crippen molar-refractivity contribution in [3.8, 4) is 5.75 Å². The van der Waals surface area contributed by atoms with Crippen LogP contribution in [-0.4, -0.2) is 31.4 Å². The van der Waals surface area contributed by atoms with Gasteiger partial charge >= 0.3 is 5.97 Å². The average molecular weight is 417 g/mol. The molecular formula is C25H23NO5. The molecule has 6 heteroatoms. The van der Waals surface area contributed by atoms with Gasteiger partial charge in [-0.25, -0.2) is 4.79 Å². The number of benzene rings is 3. The van der Waals surface area contributed by atoms with Gasteiger partial charge in [0.2, 0.25) is 0 Å². The highest BCUT2D eigenvalue weighted by molar-refractivity contribution is 5.95. The smallest absolute Gasteiger partial charge is 0.344 e. The first-order valence-corrected chi connectivity index (χ1v) is 9.80. The monoisotopic (exact) mass is 417 g/mol. The first-order chi connectivity index (χ1) is 15.1. The summed E-state index contributed by atoms with van der Waals surface area (Å²) in [5, 5.41) is 0. The molecule has 6 nitrogen and oxygen atoms in total. The SMILES string of the molecule is Cc1cccc(N(Cc2ccccc2)C(=O)COC(=O)COc2ccccc2C=O)c1. The second-order valence-corrected chi connectivity index (χ2v) is 6.91. The number of esters is 1. The molecule has 158 valence electrons. The summed E-state index contributed by atoms with van der Waals surface area (Å²) in [6.07, 6.45) is 0.646. The third-order valence-electron chi connectivity index (χ3n) is 4.55. The number of aldehydes is 1. The number of nitrogens with zero attached hydrogens (tertiary/aromatic N) is 1. The maximum atomic E-state index is 12.9. The van der Waals surface area contributed by atoms with Crippen molar-refractivity contribution < 1.29 is 23.9 Å². The minimum Gasteiger partial charge on any atom is -0.481 e. The van der Waals surface area contributed by atoms with E-state index in [0.717, 1.165) is 16.8 Å². The summed E-state index contributed by atoms with van der Waals surface area (Å²) in [4.78, 5) is 37.6. The van der Waals surface area contributed by atoms with Crippen molar-refractivity contribution in [3.63, 3.8) is 0 Å². The number of para-hydroxylation sites is 1. The van der Waals surface area contributed by atoms with E-state index < -0.39 is 19.2 Å². The number of aryl methyl sites for hydroxylation is 1. The van der Waals surface area contributed by atoms with Crippen LogP contribution in [0.1, 0.15) is 21.5 Å². The number of carbonyl (C=O) groups is 3. The van der Waals surface area contributed by atoms with Crippen molar-refractivity contribution >= 4 is 23.9 Å². The van der Waals surface area contributed by atoms with Gasteiger partial charge in [0.1, 0.15) is 5.75 Å². The predicted molar refractivity (Wildman–Crippen MR) is 117 cm³/mol. The predicted octanol–water partition coefficient (Wildman–Crippen LogP) is 3.96. The van der Waals surface area contributed by atoms with Gasteiger partial charge in [-0.15, -0.1) is 0 Å². The molecule has 0 unspecified atom stereocenters. The number of amides is 1. The minimum absolute atomic E-state index is 0.284. The van der Waals surface area contributed by atoms with Gasteiger partial charge in [0.15, 0.2) is 19.5 Å². The molecule has 0 radical (unpaired) electrons. The fourth-order valence-electron chi connectivity index (χ4n) is 2.99. The van der Waals surface area contributed by atoms with Crippen molar-refractivity contribution in [1.29, 1.82) is 0 Å². The standard InChI is InChI=1S/C25H23NO5/c1-19-8-7-12-22(14-19)26(15-20-9-3-2-4-10-20)24(28)17-31-25(29)18-30-23-13-6-5-11-21(23)16-27/h2-14,16H,15,17-18H2,1H3. The number of ether oxygens (including phenoxy) is 2. The van der Waals surface area contributed by atoms with Gasteiger partial charge in [-0.2, -0.15) is 0 Å². The van der Waals surface area contributed by atoms with E-state index in [1.54, 1.807) is 29.2 Å². The Morgan fingerprint density at radius 3 is 2.39 bits per heavy atom. The zero-order valence-electron chi connectivity index (χ0n) is 17.2. The summed E-state index contributed by atoms with van der Waals surface area (Å²) < 4.78 is 10.5. The van der Waals surface area contributed by atoms with Crippen molar-refractivity contribution in [3.05, 3.63) is 95.6 Å². The van der Waals surface area contributed by atoms with E-state index in [0.29, 0.717) is 18.4 Å². The normalized spacial score (nSPS) is 10.2. The first kappa shape index (κ1) is 21.8. The molecule has 0 aliphatic carbocycles. The molecule has 0 fully saturated rings. The van der Waals surface area contributed by atoms with Crippen LogP contribution in [-0.2, 0) is 20.9 Å². The largest absolute Gasteiger partial charge is 0.481 e. The fraction of sp³-hybridized carbons (Fsp3) is 0.160.